The van der Waals surface area contributed by atoms with Crippen molar-refractivity contribution in [1.29, 1.82) is 0 Å². The molecule has 0 saturated carbocycles. The number of hydrogen-bond donors (Lipinski definition) is 0. The van der Waals surface area contributed by atoms with Crippen molar-refractivity contribution in [3.63, 3.8) is 0 Å². The summed E-state index contributed by atoms with van der Waals surface area (Å²) < 4.78 is 12.4. The summed E-state index contributed by atoms with van der Waals surface area (Å²) in [7, 11) is -1.30. The van der Waals surface area contributed by atoms with E-state index in [2.05, 4.69) is 0 Å². The van der Waals surface area contributed by atoms with Gasteiger partial charge in [0.15, 0.2) is 0 Å². The van der Waals surface area contributed by atoms with Gasteiger partial charge in [-0.2, -0.15) is 0 Å². The first-order chi connectivity index (χ1) is 9.85. The molecule has 0 amide bonds. The number of carbonyl (C=O) groups is 2. The Morgan fingerprint density at radius 1 is 1.00 bits per heavy atom. The molecular formula is C17H24O3S. The van der Waals surface area contributed by atoms with Gasteiger partial charge in [-0.05, 0) is 38.3 Å². The summed E-state index contributed by atoms with van der Waals surface area (Å²) in [5, 5.41) is 0. The summed E-state index contributed by atoms with van der Waals surface area (Å²) in [5.41, 5.74) is 3.08. The second kappa shape index (κ2) is 8.23. The standard InChI is InChI=1S/C17H24O3S/c1-5-15(18)7-6-8-16(19)11-21(20)17-13(3)9-12(2)10-14(17)4/h9-10H,5-8,11H2,1-4H3. The predicted molar refractivity (Wildman–Crippen MR) is 86.1 cm³/mol. The van der Waals surface area contributed by atoms with E-state index in [1.54, 1.807) is 0 Å². The van der Waals surface area contributed by atoms with Crippen molar-refractivity contribution in [3.05, 3.63) is 28.8 Å². The molecule has 0 aliphatic heterocycles. The van der Waals surface area contributed by atoms with Crippen LogP contribution in [0.25, 0.3) is 0 Å². The Labute approximate surface area is 129 Å². The quantitative estimate of drug-likeness (QED) is 0.739. The van der Waals surface area contributed by atoms with Crippen molar-refractivity contribution in [2.45, 2.75) is 58.3 Å². The van der Waals surface area contributed by atoms with Gasteiger partial charge in [0.2, 0.25) is 0 Å². The van der Waals surface area contributed by atoms with E-state index in [0.717, 1.165) is 21.6 Å². The zero-order valence-electron chi connectivity index (χ0n) is 13.3. The van der Waals surface area contributed by atoms with Crippen LogP contribution in [0.5, 0.6) is 0 Å². The van der Waals surface area contributed by atoms with Gasteiger partial charge in [-0.15, -0.1) is 0 Å². The van der Waals surface area contributed by atoms with Crippen LogP contribution < -0.4 is 0 Å². The summed E-state index contributed by atoms with van der Waals surface area (Å²) in [6.45, 7) is 7.68. The molecule has 0 radical (unpaired) electrons. The molecule has 0 aliphatic rings. The summed E-state index contributed by atoms with van der Waals surface area (Å²) in [6.07, 6.45) is 1.86. The highest BCUT2D eigenvalue weighted by Gasteiger charge is 2.15. The molecule has 0 heterocycles. The Hall–Kier alpha value is -1.29. The lowest BCUT2D eigenvalue weighted by molar-refractivity contribution is -0.119. The molecule has 0 N–H and O–H groups in total. The topological polar surface area (TPSA) is 51.2 Å². The number of Topliss-reactive ketones (excluding diaryl/α,β-unsaturated/α-hetero) is 2. The number of hydrogen-bond acceptors (Lipinski definition) is 3. The lowest BCUT2D eigenvalue weighted by Gasteiger charge is -2.10. The van der Waals surface area contributed by atoms with E-state index in [-0.39, 0.29) is 17.3 Å². The molecule has 0 spiro atoms. The molecule has 4 heteroatoms. The van der Waals surface area contributed by atoms with E-state index < -0.39 is 10.8 Å². The molecule has 0 bridgehead atoms. The Kier molecular flexibility index (Phi) is 6.96. The van der Waals surface area contributed by atoms with Crippen LogP contribution >= 0.6 is 0 Å². The average molecular weight is 308 g/mol. The second-order valence-electron chi connectivity index (χ2n) is 5.50. The Balaban J connectivity index is 2.61. The van der Waals surface area contributed by atoms with Crippen LogP contribution in [0.15, 0.2) is 17.0 Å². The number of aryl methyl sites for hydroxylation is 3. The first kappa shape index (κ1) is 17.8. The third kappa shape index (κ3) is 5.54. The van der Waals surface area contributed by atoms with E-state index >= 15 is 0 Å². The van der Waals surface area contributed by atoms with Crippen molar-refractivity contribution < 1.29 is 13.8 Å². The molecule has 21 heavy (non-hydrogen) atoms. The maximum atomic E-state index is 12.4. The van der Waals surface area contributed by atoms with Crippen LogP contribution in [-0.4, -0.2) is 21.5 Å². The molecule has 1 atom stereocenters. The van der Waals surface area contributed by atoms with Crippen LogP contribution in [0.3, 0.4) is 0 Å². The minimum absolute atomic E-state index is 0.0309. The highest BCUT2D eigenvalue weighted by atomic mass is 32.2. The lowest BCUT2D eigenvalue weighted by Crippen LogP contribution is -2.13. The van der Waals surface area contributed by atoms with Gasteiger partial charge in [-0.1, -0.05) is 24.6 Å². The number of benzene rings is 1. The highest BCUT2D eigenvalue weighted by Crippen LogP contribution is 2.20. The first-order valence-electron chi connectivity index (χ1n) is 7.34. The normalized spacial score (nSPS) is 12.2. The van der Waals surface area contributed by atoms with E-state index in [9.17, 15) is 13.8 Å². The fourth-order valence-corrected chi connectivity index (χ4v) is 3.89. The van der Waals surface area contributed by atoms with Crippen molar-refractivity contribution in [2.75, 3.05) is 5.75 Å². The third-order valence-electron chi connectivity index (χ3n) is 3.43. The number of carbonyl (C=O) groups excluding carboxylic acids is 2. The zero-order chi connectivity index (χ0) is 16.0. The van der Waals surface area contributed by atoms with Gasteiger partial charge >= 0.3 is 0 Å². The van der Waals surface area contributed by atoms with E-state index in [4.69, 9.17) is 0 Å². The summed E-state index contributed by atoms with van der Waals surface area (Å²) in [6, 6.07) is 3.98. The highest BCUT2D eigenvalue weighted by molar-refractivity contribution is 7.85. The fraction of sp³-hybridized carbons (Fsp3) is 0.529. The molecule has 1 aromatic rings. The van der Waals surface area contributed by atoms with E-state index in [0.29, 0.717) is 25.7 Å². The maximum absolute atomic E-state index is 12.4. The minimum Gasteiger partial charge on any atom is -0.300 e. The van der Waals surface area contributed by atoms with Crippen molar-refractivity contribution in [3.8, 4) is 0 Å². The molecule has 0 fully saturated rings. The van der Waals surface area contributed by atoms with Gasteiger partial charge in [0.05, 0.1) is 16.6 Å². The van der Waals surface area contributed by atoms with E-state index in [1.807, 2.05) is 39.8 Å². The molecular weight excluding hydrogens is 284 g/mol. The summed E-state index contributed by atoms with van der Waals surface area (Å²) in [5.74, 6) is 0.191. The smallest absolute Gasteiger partial charge is 0.145 e. The Morgan fingerprint density at radius 2 is 1.52 bits per heavy atom. The van der Waals surface area contributed by atoms with Crippen LogP contribution in [0.2, 0.25) is 0 Å². The van der Waals surface area contributed by atoms with Crippen molar-refractivity contribution in [2.24, 2.45) is 0 Å². The Morgan fingerprint density at radius 3 is 2.05 bits per heavy atom. The van der Waals surface area contributed by atoms with Gasteiger partial charge in [-0.3, -0.25) is 13.8 Å². The zero-order valence-corrected chi connectivity index (χ0v) is 14.1. The summed E-state index contributed by atoms with van der Waals surface area (Å²) >= 11 is 0. The Bertz CT molecular complexity index is 538. The molecule has 0 aliphatic carbocycles. The average Bonchev–Trinajstić information content (AvgIpc) is 2.36. The number of ketones is 2. The molecule has 116 valence electrons. The second-order valence-corrected chi connectivity index (χ2v) is 6.89. The third-order valence-corrected chi connectivity index (χ3v) is 5.11. The SMILES string of the molecule is CCC(=O)CCCC(=O)CS(=O)c1c(C)cc(C)cc1C. The van der Waals surface area contributed by atoms with Crippen LogP contribution in [0.1, 0.15) is 49.3 Å². The van der Waals surface area contributed by atoms with Crippen LogP contribution in [0, 0.1) is 20.8 Å². The van der Waals surface area contributed by atoms with Gasteiger partial charge in [0.1, 0.15) is 11.6 Å². The lowest BCUT2D eigenvalue weighted by atomic mass is 10.1. The predicted octanol–water partition coefficient (Wildman–Crippen LogP) is 3.44. The van der Waals surface area contributed by atoms with Crippen LogP contribution in [-0.2, 0) is 20.4 Å². The van der Waals surface area contributed by atoms with Crippen molar-refractivity contribution >= 4 is 22.4 Å². The van der Waals surface area contributed by atoms with Crippen LogP contribution in [0.4, 0.5) is 0 Å². The van der Waals surface area contributed by atoms with Gasteiger partial charge < -0.3 is 0 Å². The molecule has 1 rings (SSSR count). The fourth-order valence-electron chi connectivity index (χ4n) is 2.48. The molecule has 1 unspecified atom stereocenters. The number of rotatable bonds is 8. The summed E-state index contributed by atoms with van der Waals surface area (Å²) in [4.78, 5) is 23.8. The van der Waals surface area contributed by atoms with Gasteiger partial charge in [0, 0.05) is 24.2 Å². The molecule has 0 aromatic heterocycles. The largest absolute Gasteiger partial charge is 0.300 e. The van der Waals surface area contributed by atoms with Gasteiger partial charge in [0.25, 0.3) is 0 Å². The van der Waals surface area contributed by atoms with Crippen molar-refractivity contribution in [1.82, 2.24) is 0 Å². The monoisotopic (exact) mass is 308 g/mol. The molecule has 0 saturated heterocycles. The first-order valence-corrected chi connectivity index (χ1v) is 8.66. The molecule has 3 nitrogen and oxygen atoms in total. The van der Waals surface area contributed by atoms with Gasteiger partial charge in [-0.25, -0.2) is 0 Å². The molecule has 1 aromatic carbocycles. The minimum atomic E-state index is -1.30. The van der Waals surface area contributed by atoms with E-state index in [1.165, 1.54) is 0 Å². The maximum Gasteiger partial charge on any atom is 0.145 e.